The maximum absolute atomic E-state index is 12.1. The minimum absolute atomic E-state index is 0.283. The first-order chi connectivity index (χ1) is 11.8. The number of hydrogen-bond donors (Lipinski definition) is 2. The van der Waals surface area contributed by atoms with Gasteiger partial charge in [-0.25, -0.2) is 4.79 Å². The van der Waals surface area contributed by atoms with E-state index in [9.17, 15) is 4.79 Å². The molecule has 0 saturated carbocycles. The van der Waals surface area contributed by atoms with Crippen LogP contribution in [-0.2, 0) is 6.54 Å². The van der Waals surface area contributed by atoms with E-state index in [1.807, 2.05) is 41.8 Å². The second kappa shape index (κ2) is 7.61. The van der Waals surface area contributed by atoms with Crippen LogP contribution in [0.2, 0.25) is 0 Å². The number of benzene rings is 1. The number of ether oxygens (including phenoxy) is 1. The number of hydrogen-bond acceptors (Lipinski definition) is 4. The van der Waals surface area contributed by atoms with Crippen LogP contribution in [0.4, 0.5) is 10.5 Å². The van der Waals surface area contributed by atoms with Crippen LogP contribution < -0.4 is 15.4 Å². The van der Waals surface area contributed by atoms with E-state index in [-0.39, 0.29) is 6.03 Å². The summed E-state index contributed by atoms with van der Waals surface area (Å²) in [7, 11) is 1.57. The zero-order chi connectivity index (χ0) is 16.8. The summed E-state index contributed by atoms with van der Waals surface area (Å²) in [4.78, 5) is 17.5. The van der Waals surface area contributed by atoms with Gasteiger partial charge in [0.2, 0.25) is 0 Å². The van der Waals surface area contributed by atoms with Gasteiger partial charge in [0.05, 0.1) is 23.4 Å². The highest BCUT2D eigenvalue weighted by molar-refractivity contribution is 7.13. The van der Waals surface area contributed by atoms with Crippen molar-refractivity contribution in [1.82, 2.24) is 10.3 Å². The number of aromatic nitrogens is 1. The molecule has 0 aliphatic heterocycles. The van der Waals surface area contributed by atoms with Crippen molar-refractivity contribution < 1.29 is 9.53 Å². The van der Waals surface area contributed by atoms with Crippen molar-refractivity contribution in [3.8, 4) is 16.3 Å². The molecule has 6 heteroatoms. The van der Waals surface area contributed by atoms with Crippen LogP contribution in [-0.4, -0.2) is 18.1 Å². The number of methoxy groups -OCH3 is 1. The van der Waals surface area contributed by atoms with Gasteiger partial charge in [0.15, 0.2) is 0 Å². The van der Waals surface area contributed by atoms with E-state index in [4.69, 9.17) is 4.74 Å². The summed E-state index contributed by atoms with van der Waals surface area (Å²) in [5.41, 5.74) is 2.53. The molecule has 2 N–H and O–H groups in total. The van der Waals surface area contributed by atoms with Gasteiger partial charge >= 0.3 is 6.03 Å². The van der Waals surface area contributed by atoms with Crippen LogP contribution >= 0.6 is 11.3 Å². The zero-order valence-electron chi connectivity index (χ0n) is 13.2. The van der Waals surface area contributed by atoms with Gasteiger partial charge in [-0.15, -0.1) is 11.3 Å². The third-order valence-corrected chi connectivity index (χ3v) is 4.30. The zero-order valence-corrected chi connectivity index (χ0v) is 14.0. The monoisotopic (exact) mass is 339 g/mol. The van der Waals surface area contributed by atoms with Crippen molar-refractivity contribution in [3.63, 3.8) is 0 Å². The van der Waals surface area contributed by atoms with Gasteiger partial charge in [0.25, 0.3) is 0 Å². The van der Waals surface area contributed by atoms with Crippen LogP contribution in [0.1, 0.15) is 5.56 Å². The summed E-state index contributed by atoms with van der Waals surface area (Å²) >= 11 is 1.64. The van der Waals surface area contributed by atoms with Gasteiger partial charge in [-0.1, -0.05) is 18.2 Å². The third kappa shape index (κ3) is 3.91. The molecule has 0 aliphatic rings. The Bertz CT molecular complexity index is 819. The largest absolute Gasteiger partial charge is 0.495 e. The SMILES string of the molecule is COc1ccccc1NC(=O)NCc1ccnc(-c2cccs2)c1. The van der Waals surface area contributed by atoms with Crippen molar-refractivity contribution >= 4 is 23.1 Å². The number of nitrogens with one attached hydrogen (secondary N) is 2. The van der Waals surface area contributed by atoms with Crippen molar-refractivity contribution in [1.29, 1.82) is 0 Å². The Morgan fingerprint density at radius 3 is 2.88 bits per heavy atom. The number of carbonyl (C=O) groups is 1. The predicted molar refractivity (Wildman–Crippen MR) is 96.4 cm³/mol. The molecule has 0 unspecified atom stereocenters. The van der Waals surface area contributed by atoms with Crippen molar-refractivity contribution in [2.45, 2.75) is 6.54 Å². The summed E-state index contributed by atoms with van der Waals surface area (Å²) < 4.78 is 5.22. The fourth-order valence-corrected chi connectivity index (χ4v) is 2.93. The third-order valence-electron chi connectivity index (χ3n) is 3.41. The van der Waals surface area contributed by atoms with E-state index in [1.165, 1.54) is 0 Å². The van der Waals surface area contributed by atoms with E-state index in [0.29, 0.717) is 18.0 Å². The summed E-state index contributed by atoms with van der Waals surface area (Å²) in [6.45, 7) is 0.419. The topological polar surface area (TPSA) is 63.2 Å². The summed E-state index contributed by atoms with van der Waals surface area (Å²) in [5.74, 6) is 0.622. The van der Waals surface area contributed by atoms with E-state index < -0.39 is 0 Å². The first-order valence-electron chi connectivity index (χ1n) is 7.43. The Hall–Kier alpha value is -2.86. The molecule has 5 nitrogen and oxygen atoms in total. The van der Waals surface area contributed by atoms with Gasteiger partial charge in [0, 0.05) is 12.7 Å². The summed E-state index contributed by atoms with van der Waals surface area (Å²) in [6, 6.07) is 14.9. The second-order valence-corrected chi connectivity index (χ2v) is 5.98. The fourth-order valence-electron chi connectivity index (χ4n) is 2.24. The molecule has 3 rings (SSSR count). The molecule has 2 amide bonds. The fraction of sp³-hybridized carbons (Fsp3) is 0.111. The first kappa shape index (κ1) is 16.0. The highest BCUT2D eigenvalue weighted by atomic mass is 32.1. The van der Waals surface area contributed by atoms with Crippen LogP contribution in [0.25, 0.3) is 10.6 Å². The lowest BCUT2D eigenvalue weighted by molar-refractivity contribution is 0.251. The number of rotatable bonds is 5. The molecule has 2 heterocycles. The Morgan fingerprint density at radius 1 is 1.21 bits per heavy atom. The average Bonchev–Trinajstić information content (AvgIpc) is 3.15. The molecule has 2 aromatic heterocycles. The highest BCUT2D eigenvalue weighted by Gasteiger charge is 2.07. The molecule has 1 aromatic carbocycles. The molecule has 3 aromatic rings. The molecule has 0 aliphatic carbocycles. The highest BCUT2D eigenvalue weighted by Crippen LogP contribution is 2.24. The van der Waals surface area contributed by atoms with Gasteiger partial charge in [-0.2, -0.15) is 0 Å². The summed E-state index contributed by atoms with van der Waals surface area (Å²) in [6.07, 6.45) is 1.75. The minimum atomic E-state index is -0.283. The molecule has 0 radical (unpaired) electrons. The van der Waals surface area contributed by atoms with Gasteiger partial charge in [-0.05, 0) is 41.3 Å². The Balaban J connectivity index is 1.61. The number of anilines is 1. The Morgan fingerprint density at radius 2 is 2.08 bits per heavy atom. The lowest BCUT2D eigenvalue weighted by Gasteiger charge is -2.11. The molecular weight excluding hydrogens is 322 g/mol. The van der Waals surface area contributed by atoms with E-state index in [0.717, 1.165) is 16.1 Å². The number of urea groups is 1. The number of nitrogens with zero attached hydrogens (tertiary/aromatic N) is 1. The molecule has 24 heavy (non-hydrogen) atoms. The molecule has 0 bridgehead atoms. The van der Waals surface area contributed by atoms with Crippen molar-refractivity contribution in [2.24, 2.45) is 0 Å². The van der Waals surface area contributed by atoms with Crippen molar-refractivity contribution in [2.75, 3.05) is 12.4 Å². The maximum Gasteiger partial charge on any atom is 0.319 e. The standard InChI is InChI=1S/C18H17N3O2S/c1-23-16-6-3-2-5-14(16)21-18(22)20-12-13-8-9-19-15(11-13)17-7-4-10-24-17/h2-11H,12H2,1H3,(H2,20,21,22). The van der Waals surface area contributed by atoms with E-state index in [2.05, 4.69) is 15.6 Å². The number of para-hydroxylation sites is 2. The predicted octanol–water partition coefficient (Wildman–Crippen LogP) is 4.14. The number of pyridine rings is 1. The average molecular weight is 339 g/mol. The van der Waals surface area contributed by atoms with E-state index in [1.54, 1.807) is 36.8 Å². The number of carbonyl (C=O) groups excluding carboxylic acids is 1. The second-order valence-electron chi connectivity index (χ2n) is 5.03. The number of thiophene rings is 1. The Kier molecular flexibility index (Phi) is 5.08. The lowest BCUT2D eigenvalue weighted by Crippen LogP contribution is -2.28. The lowest BCUT2D eigenvalue weighted by atomic mass is 10.2. The Labute approximate surface area is 144 Å². The van der Waals surface area contributed by atoms with E-state index >= 15 is 0 Å². The smallest absolute Gasteiger partial charge is 0.319 e. The molecule has 0 spiro atoms. The molecule has 0 atom stereocenters. The maximum atomic E-state index is 12.1. The molecule has 122 valence electrons. The van der Waals surface area contributed by atoms with Crippen LogP contribution in [0.15, 0.2) is 60.1 Å². The molecular formula is C18H17N3O2S. The minimum Gasteiger partial charge on any atom is -0.495 e. The molecule has 0 fully saturated rings. The first-order valence-corrected chi connectivity index (χ1v) is 8.31. The van der Waals surface area contributed by atoms with Gasteiger partial charge in [-0.3, -0.25) is 4.98 Å². The van der Waals surface area contributed by atoms with Crippen molar-refractivity contribution in [3.05, 3.63) is 65.7 Å². The van der Waals surface area contributed by atoms with Crippen LogP contribution in [0.5, 0.6) is 5.75 Å². The van der Waals surface area contributed by atoms with Gasteiger partial charge in [0.1, 0.15) is 5.75 Å². The number of amides is 2. The summed E-state index contributed by atoms with van der Waals surface area (Å²) in [5, 5.41) is 7.64. The van der Waals surface area contributed by atoms with Crippen LogP contribution in [0, 0.1) is 0 Å². The van der Waals surface area contributed by atoms with Gasteiger partial charge < -0.3 is 15.4 Å². The quantitative estimate of drug-likeness (QED) is 0.734. The van der Waals surface area contributed by atoms with Crippen LogP contribution in [0.3, 0.4) is 0 Å². The normalized spacial score (nSPS) is 10.2. The molecule has 0 saturated heterocycles.